The third-order valence-electron chi connectivity index (χ3n) is 3.07. The van der Waals surface area contributed by atoms with Crippen molar-refractivity contribution >= 4 is 11.6 Å². The van der Waals surface area contributed by atoms with Gasteiger partial charge in [-0.3, -0.25) is 9.48 Å². The molecule has 0 saturated carbocycles. The fraction of sp³-hybridized carbons (Fsp3) is 0.286. The van der Waals surface area contributed by atoms with Crippen molar-refractivity contribution in [2.24, 2.45) is 7.05 Å². The first-order valence-electron chi connectivity index (χ1n) is 6.05. The van der Waals surface area contributed by atoms with Crippen molar-refractivity contribution in [2.45, 2.75) is 20.3 Å². The Morgan fingerprint density at radius 3 is 2.47 bits per heavy atom. The summed E-state index contributed by atoms with van der Waals surface area (Å²) in [5.74, 6) is 0.105. The number of nitrogens with zero attached hydrogens (tertiary/aromatic N) is 2. The molecule has 0 aliphatic rings. The minimum atomic E-state index is -0.0927. The van der Waals surface area contributed by atoms with Crippen LogP contribution < -0.4 is 5.32 Å². The molecular weight excluding hydrogens is 242 g/mol. The molecular formula is C14H17N3O2. The molecule has 0 spiro atoms. The number of hydrogen-bond donors (Lipinski definition) is 2. The number of carbonyl (C=O) groups excluding carboxylic acids is 1. The fourth-order valence-corrected chi connectivity index (χ4v) is 1.94. The normalized spacial score (nSPS) is 10.5. The maximum atomic E-state index is 12.0. The quantitative estimate of drug-likeness (QED) is 0.885. The lowest BCUT2D eigenvalue weighted by molar-refractivity contribution is -0.115. The van der Waals surface area contributed by atoms with Crippen LogP contribution in [0.1, 0.15) is 17.0 Å². The van der Waals surface area contributed by atoms with E-state index in [1.54, 1.807) is 28.9 Å². The van der Waals surface area contributed by atoms with Crippen molar-refractivity contribution < 1.29 is 9.90 Å². The van der Waals surface area contributed by atoms with Gasteiger partial charge >= 0.3 is 0 Å². The summed E-state index contributed by atoms with van der Waals surface area (Å²) in [7, 11) is 1.85. The molecule has 5 nitrogen and oxygen atoms in total. The predicted octanol–water partition coefficient (Wildman–Crippen LogP) is 1.92. The van der Waals surface area contributed by atoms with Gasteiger partial charge in [0.05, 0.1) is 23.5 Å². The van der Waals surface area contributed by atoms with Crippen LogP contribution in [0.25, 0.3) is 0 Å². The predicted molar refractivity (Wildman–Crippen MR) is 73.1 cm³/mol. The Hall–Kier alpha value is -2.30. The maximum Gasteiger partial charge on any atom is 0.228 e. The van der Waals surface area contributed by atoms with Crippen molar-refractivity contribution in [1.82, 2.24) is 9.78 Å². The van der Waals surface area contributed by atoms with Gasteiger partial charge in [0.2, 0.25) is 5.91 Å². The highest BCUT2D eigenvalue weighted by Crippen LogP contribution is 2.18. The summed E-state index contributed by atoms with van der Waals surface area (Å²) in [5.41, 5.74) is 3.36. The molecule has 0 saturated heterocycles. The Kier molecular flexibility index (Phi) is 3.55. The third-order valence-corrected chi connectivity index (χ3v) is 3.07. The first kappa shape index (κ1) is 13.1. The Balaban J connectivity index is 2.07. The number of hydrogen-bond acceptors (Lipinski definition) is 3. The lowest BCUT2D eigenvalue weighted by Crippen LogP contribution is -2.15. The molecule has 100 valence electrons. The molecule has 2 N–H and O–H groups in total. The third kappa shape index (κ3) is 2.93. The molecule has 1 aromatic carbocycles. The van der Waals surface area contributed by atoms with Crippen LogP contribution in [-0.2, 0) is 18.3 Å². The van der Waals surface area contributed by atoms with E-state index in [0.717, 1.165) is 22.6 Å². The number of benzene rings is 1. The van der Waals surface area contributed by atoms with Gasteiger partial charge in [0.25, 0.3) is 0 Å². The van der Waals surface area contributed by atoms with Crippen LogP contribution in [0.5, 0.6) is 5.75 Å². The smallest absolute Gasteiger partial charge is 0.228 e. The molecule has 1 amide bonds. The van der Waals surface area contributed by atoms with E-state index in [2.05, 4.69) is 10.4 Å². The number of rotatable bonds is 3. The number of aromatic hydroxyl groups is 1. The minimum absolute atomic E-state index is 0.0927. The van der Waals surface area contributed by atoms with Crippen LogP contribution >= 0.6 is 0 Å². The van der Waals surface area contributed by atoms with Crippen LogP contribution in [-0.4, -0.2) is 20.8 Å². The fourth-order valence-electron chi connectivity index (χ4n) is 1.94. The van der Waals surface area contributed by atoms with Crippen molar-refractivity contribution in [3.05, 3.63) is 41.2 Å². The van der Waals surface area contributed by atoms with E-state index in [1.807, 2.05) is 20.9 Å². The highest BCUT2D eigenvalue weighted by atomic mass is 16.3. The van der Waals surface area contributed by atoms with E-state index in [9.17, 15) is 9.90 Å². The molecule has 0 aliphatic carbocycles. The molecule has 0 fully saturated rings. The molecule has 0 bridgehead atoms. The van der Waals surface area contributed by atoms with Gasteiger partial charge in [0.1, 0.15) is 5.75 Å². The van der Waals surface area contributed by atoms with E-state index >= 15 is 0 Å². The number of phenolic OH excluding ortho intramolecular Hbond substituents is 1. The second-order valence-electron chi connectivity index (χ2n) is 4.56. The largest absolute Gasteiger partial charge is 0.508 e. The summed E-state index contributed by atoms with van der Waals surface area (Å²) in [4.78, 5) is 12.0. The zero-order valence-corrected chi connectivity index (χ0v) is 11.3. The Morgan fingerprint density at radius 1 is 1.32 bits per heavy atom. The SMILES string of the molecule is Cc1nn(C)c(C)c1NC(=O)Cc1ccc(O)cc1. The summed E-state index contributed by atoms with van der Waals surface area (Å²) in [6, 6.07) is 6.61. The van der Waals surface area contributed by atoms with Gasteiger partial charge in [-0.25, -0.2) is 0 Å². The molecule has 0 aliphatic heterocycles. The Morgan fingerprint density at radius 2 is 1.95 bits per heavy atom. The second kappa shape index (κ2) is 5.14. The first-order chi connectivity index (χ1) is 8.97. The topological polar surface area (TPSA) is 67.2 Å². The van der Waals surface area contributed by atoms with Crippen LogP contribution in [0.4, 0.5) is 5.69 Å². The lowest BCUT2D eigenvalue weighted by Gasteiger charge is -2.06. The molecule has 1 aromatic heterocycles. The molecule has 19 heavy (non-hydrogen) atoms. The highest BCUT2D eigenvalue weighted by molar-refractivity contribution is 5.93. The summed E-state index contributed by atoms with van der Waals surface area (Å²) in [5, 5.41) is 16.3. The number of carbonyl (C=O) groups is 1. The zero-order valence-electron chi connectivity index (χ0n) is 11.3. The number of nitrogens with one attached hydrogen (secondary N) is 1. The molecule has 2 aromatic rings. The van der Waals surface area contributed by atoms with Gasteiger partial charge in [-0.2, -0.15) is 5.10 Å². The minimum Gasteiger partial charge on any atom is -0.508 e. The van der Waals surface area contributed by atoms with Gasteiger partial charge in [0.15, 0.2) is 0 Å². The molecule has 0 atom stereocenters. The standard InChI is InChI=1S/C14H17N3O2/c1-9-14(10(2)17(3)16-9)15-13(19)8-11-4-6-12(18)7-5-11/h4-7,18H,8H2,1-3H3,(H,15,19). The van der Waals surface area contributed by atoms with Gasteiger partial charge in [-0.1, -0.05) is 12.1 Å². The lowest BCUT2D eigenvalue weighted by atomic mass is 10.1. The van der Waals surface area contributed by atoms with Crippen molar-refractivity contribution in [3.8, 4) is 5.75 Å². The molecule has 0 unspecified atom stereocenters. The molecule has 0 radical (unpaired) electrons. The number of phenols is 1. The number of amides is 1. The van der Waals surface area contributed by atoms with Crippen molar-refractivity contribution in [1.29, 1.82) is 0 Å². The molecule has 5 heteroatoms. The van der Waals surface area contributed by atoms with Gasteiger partial charge in [0, 0.05) is 7.05 Å². The molecule has 2 rings (SSSR count). The van der Waals surface area contributed by atoms with E-state index in [0.29, 0.717) is 0 Å². The van der Waals surface area contributed by atoms with E-state index in [1.165, 1.54) is 0 Å². The second-order valence-corrected chi connectivity index (χ2v) is 4.56. The van der Waals surface area contributed by atoms with Crippen LogP contribution in [0.2, 0.25) is 0 Å². The van der Waals surface area contributed by atoms with E-state index in [4.69, 9.17) is 0 Å². The van der Waals surface area contributed by atoms with Crippen molar-refractivity contribution in [2.75, 3.05) is 5.32 Å². The molecule has 1 heterocycles. The van der Waals surface area contributed by atoms with E-state index < -0.39 is 0 Å². The highest BCUT2D eigenvalue weighted by Gasteiger charge is 2.12. The van der Waals surface area contributed by atoms with Gasteiger partial charge in [-0.15, -0.1) is 0 Å². The average molecular weight is 259 g/mol. The van der Waals surface area contributed by atoms with Gasteiger partial charge in [-0.05, 0) is 31.5 Å². The number of anilines is 1. The van der Waals surface area contributed by atoms with Crippen LogP contribution in [0, 0.1) is 13.8 Å². The van der Waals surface area contributed by atoms with Gasteiger partial charge < -0.3 is 10.4 Å². The summed E-state index contributed by atoms with van der Waals surface area (Å²) in [6.07, 6.45) is 0.272. The van der Waals surface area contributed by atoms with Crippen LogP contribution in [0.3, 0.4) is 0 Å². The summed E-state index contributed by atoms with van der Waals surface area (Å²) < 4.78 is 1.74. The van der Waals surface area contributed by atoms with E-state index in [-0.39, 0.29) is 18.1 Å². The van der Waals surface area contributed by atoms with Crippen LogP contribution in [0.15, 0.2) is 24.3 Å². The monoisotopic (exact) mass is 259 g/mol. The summed E-state index contributed by atoms with van der Waals surface area (Å²) in [6.45, 7) is 3.78. The first-order valence-corrected chi connectivity index (χ1v) is 6.05. The van der Waals surface area contributed by atoms with Crippen molar-refractivity contribution in [3.63, 3.8) is 0 Å². The number of aromatic nitrogens is 2. The summed E-state index contributed by atoms with van der Waals surface area (Å²) >= 11 is 0. The maximum absolute atomic E-state index is 12.0. The number of aryl methyl sites for hydroxylation is 2. The Labute approximate surface area is 111 Å². The zero-order chi connectivity index (χ0) is 14.0. The Bertz CT molecular complexity index is 600. The average Bonchev–Trinajstić information content (AvgIpc) is 2.59.